The fourth-order valence-corrected chi connectivity index (χ4v) is 2.86. The molecule has 0 saturated carbocycles. The number of aryl methyl sites for hydroxylation is 1. The summed E-state index contributed by atoms with van der Waals surface area (Å²) in [5.41, 5.74) is 3.09. The lowest BCUT2D eigenvalue weighted by atomic mass is 10.1. The van der Waals surface area contributed by atoms with Gasteiger partial charge in [-0.2, -0.15) is 0 Å². The second-order valence-corrected chi connectivity index (χ2v) is 5.99. The van der Waals surface area contributed by atoms with E-state index in [2.05, 4.69) is 31.4 Å². The summed E-state index contributed by atoms with van der Waals surface area (Å²) in [7, 11) is 0. The van der Waals surface area contributed by atoms with Gasteiger partial charge in [0.2, 0.25) is 11.9 Å². The van der Waals surface area contributed by atoms with Crippen LogP contribution in [-0.2, 0) is 17.8 Å². The zero-order valence-corrected chi connectivity index (χ0v) is 14.1. The van der Waals surface area contributed by atoms with E-state index >= 15 is 0 Å². The van der Waals surface area contributed by atoms with E-state index in [0.29, 0.717) is 25.3 Å². The first kappa shape index (κ1) is 16.0. The Kier molecular flexibility index (Phi) is 4.42. The molecule has 0 aliphatic heterocycles. The summed E-state index contributed by atoms with van der Waals surface area (Å²) in [6, 6.07) is 13.8. The molecule has 0 aliphatic rings. The maximum atomic E-state index is 12.2. The number of H-pyrrole nitrogens is 1. The van der Waals surface area contributed by atoms with E-state index in [4.69, 9.17) is 0 Å². The number of pyridine rings is 1. The first-order chi connectivity index (χ1) is 12.8. The second-order valence-electron chi connectivity index (χ2n) is 5.99. The van der Waals surface area contributed by atoms with Crippen molar-refractivity contribution in [3.63, 3.8) is 0 Å². The van der Waals surface area contributed by atoms with Gasteiger partial charge in [0, 0.05) is 29.7 Å². The van der Waals surface area contributed by atoms with Crippen molar-refractivity contribution in [3.8, 4) is 0 Å². The average molecular weight is 346 g/mol. The van der Waals surface area contributed by atoms with E-state index in [1.807, 2.05) is 42.6 Å². The molecule has 0 atom stereocenters. The molecular formula is C19H18N6O. The van der Waals surface area contributed by atoms with Gasteiger partial charge in [0.25, 0.3) is 0 Å². The number of carbonyl (C=O) groups excluding carboxylic acids is 1. The van der Waals surface area contributed by atoms with Crippen LogP contribution >= 0.6 is 0 Å². The molecule has 3 aromatic heterocycles. The number of amides is 1. The highest BCUT2D eigenvalue weighted by atomic mass is 16.1. The summed E-state index contributed by atoms with van der Waals surface area (Å²) < 4.78 is 1.65. The Bertz CT molecular complexity index is 1020. The molecule has 130 valence electrons. The monoisotopic (exact) mass is 346 g/mol. The van der Waals surface area contributed by atoms with Gasteiger partial charge in [-0.1, -0.05) is 24.3 Å². The summed E-state index contributed by atoms with van der Waals surface area (Å²) in [5.74, 6) is 0.204. The molecule has 0 spiro atoms. The highest BCUT2D eigenvalue weighted by molar-refractivity contribution is 5.90. The average Bonchev–Trinajstić information content (AvgIpc) is 3.28. The molecule has 0 radical (unpaired) electrons. The molecule has 1 amide bonds. The fourth-order valence-electron chi connectivity index (χ4n) is 2.86. The molecule has 0 bridgehead atoms. The SMILES string of the molecule is O=C(CCc1c[nH]c2ccccc12)Nc1ncn(Cc2ccccn2)n1. The third-order valence-electron chi connectivity index (χ3n) is 4.13. The summed E-state index contributed by atoms with van der Waals surface area (Å²) >= 11 is 0. The van der Waals surface area contributed by atoms with Crippen LogP contribution < -0.4 is 5.32 Å². The van der Waals surface area contributed by atoms with Crippen molar-refractivity contribution in [1.82, 2.24) is 24.7 Å². The van der Waals surface area contributed by atoms with Crippen LogP contribution in [0.25, 0.3) is 10.9 Å². The van der Waals surface area contributed by atoms with Crippen LogP contribution in [0.2, 0.25) is 0 Å². The molecule has 0 fully saturated rings. The molecule has 1 aromatic carbocycles. The van der Waals surface area contributed by atoms with Crippen molar-refractivity contribution in [2.75, 3.05) is 5.32 Å². The van der Waals surface area contributed by atoms with Crippen molar-refractivity contribution in [2.24, 2.45) is 0 Å². The highest BCUT2D eigenvalue weighted by Gasteiger charge is 2.09. The van der Waals surface area contributed by atoms with Crippen molar-refractivity contribution in [1.29, 1.82) is 0 Å². The van der Waals surface area contributed by atoms with Crippen LogP contribution in [0.5, 0.6) is 0 Å². The zero-order chi connectivity index (χ0) is 17.8. The van der Waals surface area contributed by atoms with Crippen LogP contribution in [0.3, 0.4) is 0 Å². The van der Waals surface area contributed by atoms with Gasteiger partial charge in [-0.15, -0.1) is 5.10 Å². The van der Waals surface area contributed by atoms with Gasteiger partial charge < -0.3 is 4.98 Å². The summed E-state index contributed by atoms with van der Waals surface area (Å²) in [6.07, 6.45) is 6.31. The lowest BCUT2D eigenvalue weighted by Gasteiger charge is -2.01. The van der Waals surface area contributed by atoms with E-state index in [1.165, 1.54) is 0 Å². The largest absolute Gasteiger partial charge is 0.361 e. The number of carbonyl (C=O) groups is 1. The fraction of sp³-hybridized carbons (Fsp3) is 0.158. The standard InChI is InChI=1S/C19H18N6O/c26-18(9-8-14-11-21-17-7-2-1-6-16(14)17)23-19-22-13-25(24-19)12-15-5-3-4-10-20-15/h1-7,10-11,13,21H,8-9,12H2,(H,23,24,26). The van der Waals surface area contributed by atoms with Crippen LogP contribution in [0, 0.1) is 0 Å². The number of hydrogen-bond acceptors (Lipinski definition) is 4. The molecule has 0 aliphatic carbocycles. The molecule has 26 heavy (non-hydrogen) atoms. The number of aromatic amines is 1. The smallest absolute Gasteiger partial charge is 0.248 e. The maximum Gasteiger partial charge on any atom is 0.248 e. The number of hydrogen-bond donors (Lipinski definition) is 2. The lowest BCUT2D eigenvalue weighted by molar-refractivity contribution is -0.116. The van der Waals surface area contributed by atoms with Gasteiger partial charge in [0.1, 0.15) is 6.33 Å². The van der Waals surface area contributed by atoms with Crippen LogP contribution in [0.4, 0.5) is 5.95 Å². The number of fused-ring (bicyclic) bond motifs is 1. The molecule has 3 heterocycles. The number of para-hydroxylation sites is 1. The Hall–Kier alpha value is -3.48. The minimum atomic E-state index is -0.106. The summed E-state index contributed by atoms with van der Waals surface area (Å²) in [5, 5.41) is 8.16. The first-order valence-electron chi connectivity index (χ1n) is 8.42. The van der Waals surface area contributed by atoms with Gasteiger partial charge in [-0.3, -0.25) is 15.1 Å². The Morgan fingerprint density at radius 3 is 2.88 bits per heavy atom. The Balaban J connectivity index is 1.33. The van der Waals surface area contributed by atoms with Crippen LogP contribution in [0.15, 0.2) is 61.2 Å². The van der Waals surface area contributed by atoms with Gasteiger partial charge >= 0.3 is 0 Å². The minimum absolute atomic E-state index is 0.106. The van der Waals surface area contributed by atoms with Crippen LogP contribution in [-0.4, -0.2) is 30.6 Å². The van der Waals surface area contributed by atoms with Crippen molar-refractivity contribution < 1.29 is 4.79 Å². The number of nitrogens with zero attached hydrogens (tertiary/aromatic N) is 4. The third-order valence-corrected chi connectivity index (χ3v) is 4.13. The number of benzene rings is 1. The Morgan fingerprint density at radius 1 is 1.12 bits per heavy atom. The van der Waals surface area contributed by atoms with E-state index in [-0.39, 0.29) is 5.91 Å². The Morgan fingerprint density at radius 2 is 2.00 bits per heavy atom. The van der Waals surface area contributed by atoms with Gasteiger partial charge in [0.05, 0.1) is 12.2 Å². The van der Waals surface area contributed by atoms with Crippen molar-refractivity contribution in [3.05, 3.63) is 72.4 Å². The highest BCUT2D eigenvalue weighted by Crippen LogP contribution is 2.19. The van der Waals surface area contributed by atoms with E-state index in [9.17, 15) is 4.79 Å². The maximum absolute atomic E-state index is 12.2. The zero-order valence-electron chi connectivity index (χ0n) is 14.1. The van der Waals surface area contributed by atoms with Gasteiger partial charge in [-0.25, -0.2) is 9.67 Å². The molecule has 0 unspecified atom stereocenters. The third kappa shape index (κ3) is 3.61. The molecule has 4 aromatic rings. The number of nitrogens with one attached hydrogen (secondary N) is 2. The van der Waals surface area contributed by atoms with E-state index in [0.717, 1.165) is 22.2 Å². The lowest BCUT2D eigenvalue weighted by Crippen LogP contribution is -2.14. The number of anilines is 1. The molecule has 2 N–H and O–H groups in total. The molecule has 7 nitrogen and oxygen atoms in total. The predicted octanol–water partition coefficient (Wildman–Crippen LogP) is 2.77. The van der Waals surface area contributed by atoms with Gasteiger partial charge in [-0.05, 0) is 30.2 Å². The molecular weight excluding hydrogens is 328 g/mol. The van der Waals surface area contributed by atoms with E-state index < -0.39 is 0 Å². The molecule has 7 heteroatoms. The van der Waals surface area contributed by atoms with Gasteiger partial charge in [0.15, 0.2) is 0 Å². The van der Waals surface area contributed by atoms with Crippen molar-refractivity contribution in [2.45, 2.75) is 19.4 Å². The minimum Gasteiger partial charge on any atom is -0.361 e. The topological polar surface area (TPSA) is 88.5 Å². The molecule has 0 saturated heterocycles. The second kappa shape index (κ2) is 7.18. The first-order valence-corrected chi connectivity index (χ1v) is 8.42. The van der Waals surface area contributed by atoms with Crippen LogP contribution in [0.1, 0.15) is 17.7 Å². The van der Waals surface area contributed by atoms with E-state index in [1.54, 1.807) is 17.2 Å². The summed E-state index contributed by atoms with van der Waals surface area (Å²) in [4.78, 5) is 23.8. The number of rotatable bonds is 6. The number of aromatic nitrogens is 5. The predicted molar refractivity (Wildman–Crippen MR) is 98.6 cm³/mol. The quantitative estimate of drug-likeness (QED) is 0.562. The molecule has 4 rings (SSSR count). The Labute approximate surface area is 150 Å². The van der Waals surface area contributed by atoms with Crippen molar-refractivity contribution >= 4 is 22.8 Å². The normalized spacial score (nSPS) is 10.9. The summed E-state index contributed by atoms with van der Waals surface area (Å²) in [6.45, 7) is 0.513.